The molecule has 124 valence electrons. The fourth-order valence-electron chi connectivity index (χ4n) is 3.74. The summed E-state index contributed by atoms with van der Waals surface area (Å²) in [6.07, 6.45) is 5.49. The van der Waals surface area contributed by atoms with Gasteiger partial charge in [-0.1, -0.05) is 30.3 Å². The van der Waals surface area contributed by atoms with Gasteiger partial charge in [-0.25, -0.2) is 9.97 Å². The maximum absolute atomic E-state index is 12.7. The fraction of sp³-hybridized carbons (Fsp3) is 0.421. The van der Waals surface area contributed by atoms with Gasteiger partial charge in [-0.05, 0) is 30.9 Å². The molecule has 1 aromatic heterocycles. The summed E-state index contributed by atoms with van der Waals surface area (Å²) in [4.78, 5) is 25.7. The fourth-order valence-corrected chi connectivity index (χ4v) is 3.74. The maximum Gasteiger partial charge on any atom is 0.231 e. The molecular formula is C19H22N4O. The number of anilines is 1. The molecule has 0 N–H and O–H groups in total. The van der Waals surface area contributed by atoms with Crippen molar-refractivity contribution < 1.29 is 4.79 Å². The van der Waals surface area contributed by atoms with Gasteiger partial charge in [0.15, 0.2) is 0 Å². The van der Waals surface area contributed by atoms with Crippen molar-refractivity contribution in [1.29, 1.82) is 0 Å². The molecule has 3 heterocycles. The first-order valence-corrected chi connectivity index (χ1v) is 8.53. The maximum atomic E-state index is 12.7. The van der Waals surface area contributed by atoms with Crippen LogP contribution in [0.3, 0.4) is 0 Å². The molecule has 2 saturated heterocycles. The minimum absolute atomic E-state index is 0.143. The number of piperidine rings is 1. The minimum atomic E-state index is -0.143. The number of aryl methyl sites for hydroxylation is 1. The SMILES string of the molecule is Cc1cnc(N2CCC3(CC2)CN(Cc2ccccc2)C3=O)nc1. The van der Waals surface area contributed by atoms with Gasteiger partial charge in [-0.2, -0.15) is 0 Å². The zero-order valence-electron chi connectivity index (χ0n) is 14.0. The molecular weight excluding hydrogens is 300 g/mol. The third-order valence-electron chi connectivity index (χ3n) is 5.22. The monoisotopic (exact) mass is 322 g/mol. The Bertz CT molecular complexity index is 721. The van der Waals surface area contributed by atoms with Crippen molar-refractivity contribution in [2.45, 2.75) is 26.3 Å². The van der Waals surface area contributed by atoms with Crippen LogP contribution in [0, 0.1) is 12.3 Å². The van der Waals surface area contributed by atoms with E-state index in [1.807, 2.05) is 42.4 Å². The molecule has 24 heavy (non-hydrogen) atoms. The number of rotatable bonds is 3. The average Bonchev–Trinajstić information content (AvgIpc) is 2.63. The number of amides is 1. The molecule has 0 aliphatic carbocycles. The van der Waals surface area contributed by atoms with E-state index in [0.717, 1.165) is 50.5 Å². The van der Waals surface area contributed by atoms with E-state index < -0.39 is 0 Å². The predicted molar refractivity (Wildman–Crippen MR) is 92.5 cm³/mol. The molecule has 4 rings (SSSR count). The third-order valence-corrected chi connectivity index (χ3v) is 5.22. The molecule has 0 radical (unpaired) electrons. The van der Waals surface area contributed by atoms with E-state index in [2.05, 4.69) is 27.0 Å². The van der Waals surface area contributed by atoms with Crippen LogP contribution in [0.5, 0.6) is 0 Å². The van der Waals surface area contributed by atoms with Gasteiger partial charge in [0, 0.05) is 38.6 Å². The van der Waals surface area contributed by atoms with E-state index >= 15 is 0 Å². The van der Waals surface area contributed by atoms with Crippen LogP contribution >= 0.6 is 0 Å². The molecule has 5 nitrogen and oxygen atoms in total. The number of carbonyl (C=O) groups excluding carboxylic acids is 1. The van der Waals surface area contributed by atoms with Crippen molar-refractivity contribution in [2.75, 3.05) is 24.5 Å². The number of hydrogen-bond donors (Lipinski definition) is 0. The number of nitrogens with zero attached hydrogens (tertiary/aromatic N) is 4. The predicted octanol–water partition coefficient (Wildman–Crippen LogP) is 2.41. The van der Waals surface area contributed by atoms with Gasteiger partial charge in [-0.3, -0.25) is 4.79 Å². The zero-order valence-corrected chi connectivity index (χ0v) is 14.0. The summed E-state index contributed by atoms with van der Waals surface area (Å²) in [7, 11) is 0. The second-order valence-electron chi connectivity index (χ2n) is 6.97. The Kier molecular flexibility index (Phi) is 3.71. The molecule has 0 unspecified atom stereocenters. The lowest BCUT2D eigenvalue weighted by atomic mass is 9.71. The van der Waals surface area contributed by atoms with Crippen LogP contribution in [0.1, 0.15) is 24.0 Å². The molecule has 2 fully saturated rings. The van der Waals surface area contributed by atoms with Crippen molar-refractivity contribution in [1.82, 2.24) is 14.9 Å². The first-order chi connectivity index (χ1) is 11.7. The Morgan fingerprint density at radius 3 is 2.38 bits per heavy atom. The zero-order chi connectivity index (χ0) is 16.6. The standard InChI is InChI=1S/C19H22N4O/c1-15-11-20-18(21-12-15)22-9-7-19(8-10-22)14-23(17(19)24)13-16-5-3-2-4-6-16/h2-6,11-12H,7-10,13-14H2,1H3. The summed E-state index contributed by atoms with van der Waals surface area (Å²) in [5.41, 5.74) is 2.12. The lowest BCUT2D eigenvalue weighted by Gasteiger charge is -2.52. The summed E-state index contributed by atoms with van der Waals surface area (Å²) >= 11 is 0. The highest BCUT2D eigenvalue weighted by molar-refractivity contribution is 5.89. The molecule has 1 aromatic carbocycles. The molecule has 0 saturated carbocycles. The summed E-state index contributed by atoms with van der Waals surface area (Å²) in [5, 5.41) is 0. The third kappa shape index (κ3) is 2.64. The number of likely N-dealkylation sites (tertiary alicyclic amines) is 1. The highest BCUT2D eigenvalue weighted by Crippen LogP contribution is 2.42. The summed E-state index contributed by atoms with van der Waals surface area (Å²) < 4.78 is 0. The van der Waals surface area contributed by atoms with E-state index in [1.165, 1.54) is 5.56 Å². The van der Waals surface area contributed by atoms with Crippen LogP contribution < -0.4 is 4.90 Å². The van der Waals surface area contributed by atoms with Crippen molar-refractivity contribution in [3.8, 4) is 0 Å². The molecule has 1 amide bonds. The van der Waals surface area contributed by atoms with E-state index in [4.69, 9.17) is 0 Å². The molecule has 0 atom stereocenters. The lowest BCUT2D eigenvalue weighted by molar-refractivity contribution is -0.163. The quantitative estimate of drug-likeness (QED) is 0.814. The largest absolute Gasteiger partial charge is 0.341 e. The van der Waals surface area contributed by atoms with Gasteiger partial charge in [0.1, 0.15) is 0 Å². The number of benzene rings is 1. The summed E-state index contributed by atoms with van der Waals surface area (Å²) in [5.74, 6) is 1.10. The summed E-state index contributed by atoms with van der Waals surface area (Å²) in [6.45, 7) is 5.31. The lowest BCUT2D eigenvalue weighted by Crippen LogP contribution is -2.64. The van der Waals surface area contributed by atoms with Crippen molar-refractivity contribution >= 4 is 11.9 Å². The topological polar surface area (TPSA) is 49.3 Å². The van der Waals surface area contributed by atoms with Crippen molar-refractivity contribution in [3.05, 3.63) is 53.9 Å². The Hall–Kier alpha value is -2.43. The van der Waals surface area contributed by atoms with Crippen LogP contribution in [0.15, 0.2) is 42.7 Å². The van der Waals surface area contributed by atoms with Gasteiger partial charge in [-0.15, -0.1) is 0 Å². The van der Waals surface area contributed by atoms with Crippen LogP contribution in [-0.4, -0.2) is 40.4 Å². The highest BCUT2D eigenvalue weighted by Gasteiger charge is 2.52. The normalized spacial score (nSPS) is 19.5. The van der Waals surface area contributed by atoms with E-state index in [1.54, 1.807) is 0 Å². The average molecular weight is 322 g/mol. The number of hydrogen-bond acceptors (Lipinski definition) is 4. The number of aromatic nitrogens is 2. The van der Waals surface area contributed by atoms with Crippen molar-refractivity contribution in [2.24, 2.45) is 5.41 Å². The minimum Gasteiger partial charge on any atom is -0.341 e. The smallest absolute Gasteiger partial charge is 0.231 e. The Morgan fingerprint density at radius 2 is 1.75 bits per heavy atom. The molecule has 5 heteroatoms. The highest BCUT2D eigenvalue weighted by atomic mass is 16.2. The van der Waals surface area contributed by atoms with Gasteiger partial charge >= 0.3 is 0 Å². The molecule has 2 aromatic rings. The summed E-state index contributed by atoms with van der Waals surface area (Å²) in [6, 6.07) is 10.2. The number of carbonyl (C=O) groups is 1. The number of β-lactam (4-membered cyclic amide) rings is 1. The van der Waals surface area contributed by atoms with Gasteiger partial charge in [0.05, 0.1) is 5.41 Å². The Balaban J connectivity index is 1.36. The van der Waals surface area contributed by atoms with Gasteiger partial charge in [0.25, 0.3) is 0 Å². The van der Waals surface area contributed by atoms with Gasteiger partial charge < -0.3 is 9.80 Å². The molecule has 2 aliphatic heterocycles. The van der Waals surface area contributed by atoms with Crippen molar-refractivity contribution in [3.63, 3.8) is 0 Å². The second kappa shape index (κ2) is 5.89. The van der Waals surface area contributed by atoms with E-state index in [9.17, 15) is 4.79 Å². The van der Waals surface area contributed by atoms with Crippen LogP contribution in [-0.2, 0) is 11.3 Å². The molecule has 2 aliphatic rings. The molecule has 1 spiro atoms. The molecule has 0 bridgehead atoms. The van der Waals surface area contributed by atoms with Crippen LogP contribution in [0.2, 0.25) is 0 Å². The van der Waals surface area contributed by atoms with Crippen LogP contribution in [0.25, 0.3) is 0 Å². The first kappa shape index (κ1) is 15.1. The van der Waals surface area contributed by atoms with Crippen LogP contribution in [0.4, 0.5) is 5.95 Å². The first-order valence-electron chi connectivity index (χ1n) is 8.53. The second-order valence-corrected chi connectivity index (χ2v) is 6.97. The van der Waals surface area contributed by atoms with E-state index in [0.29, 0.717) is 5.91 Å². The van der Waals surface area contributed by atoms with E-state index in [-0.39, 0.29) is 5.41 Å². The van der Waals surface area contributed by atoms with Gasteiger partial charge in [0.2, 0.25) is 11.9 Å². The Labute approximate surface area is 142 Å². The Morgan fingerprint density at radius 1 is 1.08 bits per heavy atom.